The number of hydrogen-bond acceptors (Lipinski definition) is 6. The van der Waals surface area contributed by atoms with Crippen LogP contribution in [0.3, 0.4) is 0 Å². The summed E-state index contributed by atoms with van der Waals surface area (Å²) in [5.74, 6) is -0.911. The van der Waals surface area contributed by atoms with Crippen LogP contribution in [0.5, 0.6) is 0 Å². The van der Waals surface area contributed by atoms with Gasteiger partial charge in [0.1, 0.15) is 5.01 Å². The average molecular weight is 355 g/mol. The first kappa shape index (κ1) is 18.2. The van der Waals surface area contributed by atoms with Crippen molar-refractivity contribution in [3.8, 4) is 0 Å². The first-order chi connectivity index (χ1) is 9.99. The van der Waals surface area contributed by atoms with Crippen LogP contribution >= 0.6 is 34.5 Å². The van der Waals surface area contributed by atoms with Crippen molar-refractivity contribution in [1.29, 1.82) is 0 Å². The zero-order valence-corrected chi connectivity index (χ0v) is 14.0. The highest BCUT2D eigenvalue weighted by Crippen LogP contribution is 2.16. The second kappa shape index (κ2) is 9.19. The molecule has 0 aliphatic carbocycles. The molecule has 1 amide bonds. The number of amides is 1. The number of methoxy groups -OCH3 is 1. The Morgan fingerprint density at radius 2 is 2.19 bits per heavy atom. The quantitative estimate of drug-likeness (QED) is 0.528. The number of carbonyl (C=O) groups is 2. The van der Waals surface area contributed by atoms with E-state index in [0.29, 0.717) is 18.2 Å². The van der Waals surface area contributed by atoms with E-state index in [0.717, 1.165) is 0 Å². The molecule has 1 heterocycles. The Bertz CT molecular complexity index is 482. The summed E-state index contributed by atoms with van der Waals surface area (Å²) in [5, 5.41) is 2.18. The summed E-state index contributed by atoms with van der Waals surface area (Å²) in [6.45, 7) is 2.89. The lowest BCUT2D eigenvalue weighted by Crippen LogP contribution is -2.36. The van der Waals surface area contributed by atoms with Gasteiger partial charge in [-0.25, -0.2) is 9.78 Å². The predicted molar refractivity (Wildman–Crippen MR) is 80.9 cm³/mol. The highest BCUT2D eigenvalue weighted by Gasteiger charge is 2.22. The van der Waals surface area contributed by atoms with Gasteiger partial charge >= 0.3 is 5.97 Å². The van der Waals surface area contributed by atoms with Gasteiger partial charge in [0.25, 0.3) is 5.91 Å². The van der Waals surface area contributed by atoms with Crippen molar-refractivity contribution in [2.45, 2.75) is 18.3 Å². The predicted octanol–water partition coefficient (Wildman–Crippen LogP) is 2.10. The number of ether oxygens (including phenoxy) is 2. The molecule has 0 bridgehead atoms. The molecule has 21 heavy (non-hydrogen) atoms. The van der Waals surface area contributed by atoms with Gasteiger partial charge in [-0.15, -0.1) is 11.3 Å². The highest BCUT2D eigenvalue weighted by molar-refractivity contribution is 7.09. The topological polar surface area (TPSA) is 68.7 Å². The number of thiazole rings is 1. The highest BCUT2D eigenvalue weighted by atomic mass is 35.5. The Kier molecular flexibility index (Phi) is 7.95. The summed E-state index contributed by atoms with van der Waals surface area (Å²) in [4.78, 5) is 27.9. The Morgan fingerprint density at radius 3 is 2.76 bits per heavy atom. The number of rotatable bonds is 8. The Balaban J connectivity index is 2.74. The molecule has 1 aromatic heterocycles. The number of alkyl halides is 2. The van der Waals surface area contributed by atoms with E-state index in [1.54, 1.807) is 12.3 Å². The van der Waals surface area contributed by atoms with Gasteiger partial charge in [0.2, 0.25) is 0 Å². The fraction of sp³-hybridized carbons (Fsp3) is 0.583. The first-order valence-corrected chi connectivity index (χ1v) is 7.92. The molecule has 118 valence electrons. The second-order valence-electron chi connectivity index (χ2n) is 3.90. The maximum atomic E-state index is 11.9. The average Bonchev–Trinajstić information content (AvgIpc) is 2.91. The van der Waals surface area contributed by atoms with Gasteiger partial charge in [0.05, 0.1) is 19.8 Å². The Hall–Kier alpha value is -0.890. The van der Waals surface area contributed by atoms with Gasteiger partial charge in [0, 0.05) is 19.0 Å². The Morgan fingerprint density at radius 1 is 1.48 bits per heavy atom. The number of aromatic nitrogens is 1. The summed E-state index contributed by atoms with van der Waals surface area (Å²) in [6, 6.07) is 0. The number of carbonyl (C=O) groups excluding carboxylic acids is 2. The summed E-state index contributed by atoms with van der Waals surface area (Å²) < 4.78 is 9.80. The first-order valence-electron chi connectivity index (χ1n) is 6.17. The van der Waals surface area contributed by atoms with E-state index in [1.807, 2.05) is 0 Å². The summed E-state index contributed by atoms with van der Waals surface area (Å²) in [6.07, 6.45) is 0. The van der Waals surface area contributed by atoms with E-state index in [9.17, 15) is 9.59 Å². The van der Waals surface area contributed by atoms with Gasteiger partial charge in [0.15, 0.2) is 10.5 Å². The van der Waals surface area contributed by atoms with Crippen LogP contribution in [0.2, 0.25) is 0 Å². The normalized spacial score (nSPS) is 10.7. The molecule has 0 saturated heterocycles. The number of nitrogens with zero attached hydrogens (tertiary/aromatic N) is 2. The fourth-order valence-corrected chi connectivity index (χ4v) is 2.51. The van der Waals surface area contributed by atoms with Crippen LogP contribution in [0.25, 0.3) is 0 Å². The van der Waals surface area contributed by atoms with Gasteiger partial charge < -0.3 is 14.4 Å². The Labute approximate surface area is 136 Å². The minimum Gasteiger partial charge on any atom is -0.461 e. The van der Waals surface area contributed by atoms with Crippen LogP contribution in [-0.4, -0.2) is 53.5 Å². The molecule has 6 nitrogen and oxygen atoms in total. The standard InChI is InChI=1S/C12H16Cl2N2O4S/c1-3-20-12(18)8-7-21-9(15-8)6-16(4-5-19-2)11(17)10(13)14/h7,10H,3-6H2,1-2H3. The van der Waals surface area contributed by atoms with Crippen molar-refractivity contribution in [3.63, 3.8) is 0 Å². The van der Waals surface area contributed by atoms with Crippen molar-refractivity contribution in [1.82, 2.24) is 9.88 Å². The maximum Gasteiger partial charge on any atom is 0.357 e. The maximum absolute atomic E-state index is 11.9. The molecular weight excluding hydrogens is 339 g/mol. The van der Waals surface area contributed by atoms with Crippen molar-refractivity contribution in [3.05, 3.63) is 16.1 Å². The molecule has 0 aliphatic heterocycles. The summed E-state index contributed by atoms with van der Waals surface area (Å²) >= 11 is 12.5. The van der Waals surface area contributed by atoms with E-state index >= 15 is 0 Å². The third-order valence-electron chi connectivity index (χ3n) is 2.43. The molecule has 0 atom stereocenters. The van der Waals surface area contributed by atoms with Gasteiger partial charge in [-0.1, -0.05) is 23.2 Å². The van der Waals surface area contributed by atoms with Crippen molar-refractivity contribution >= 4 is 46.4 Å². The minimum atomic E-state index is -1.15. The number of halogens is 2. The SMILES string of the molecule is CCOC(=O)c1csc(CN(CCOC)C(=O)C(Cl)Cl)n1. The third-order valence-corrected chi connectivity index (χ3v) is 3.63. The molecule has 1 rings (SSSR count). The second-order valence-corrected chi connectivity index (χ2v) is 5.94. The lowest BCUT2D eigenvalue weighted by atomic mass is 10.4. The largest absolute Gasteiger partial charge is 0.461 e. The molecular formula is C12H16Cl2N2O4S. The van der Waals surface area contributed by atoms with Crippen molar-refractivity contribution in [2.24, 2.45) is 0 Å². The molecule has 0 aliphatic rings. The van der Waals surface area contributed by atoms with Gasteiger partial charge in [-0.05, 0) is 6.92 Å². The van der Waals surface area contributed by atoms with E-state index in [2.05, 4.69) is 4.98 Å². The van der Waals surface area contributed by atoms with Crippen molar-refractivity contribution in [2.75, 3.05) is 26.9 Å². The van der Waals surface area contributed by atoms with Gasteiger partial charge in [-0.2, -0.15) is 0 Å². The molecule has 0 spiro atoms. The van der Waals surface area contributed by atoms with E-state index in [1.165, 1.54) is 23.3 Å². The van der Waals surface area contributed by atoms with Crippen LogP contribution in [-0.2, 0) is 20.8 Å². The molecule has 0 N–H and O–H groups in total. The molecule has 1 aromatic rings. The van der Waals surface area contributed by atoms with E-state index in [4.69, 9.17) is 32.7 Å². The van der Waals surface area contributed by atoms with Gasteiger partial charge in [-0.3, -0.25) is 4.79 Å². The monoisotopic (exact) mass is 354 g/mol. The molecule has 0 radical (unpaired) electrons. The lowest BCUT2D eigenvalue weighted by molar-refractivity contribution is -0.130. The molecule has 0 saturated carbocycles. The molecule has 0 fully saturated rings. The summed E-state index contributed by atoms with van der Waals surface area (Å²) in [5.41, 5.74) is 0.226. The minimum absolute atomic E-state index is 0.211. The third kappa shape index (κ3) is 5.78. The molecule has 0 aromatic carbocycles. The molecule has 0 unspecified atom stereocenters. The molecule has 9 heteroatoms. The van der Waals surface area contributed by atoms with Crippen LogP contribution in [0.1, 0.15) is 22.4 Å². The van der Waals surface area contributed by atoms with Crippen LogP contribution in [0.15, 0.2) is 5.38 Å². The zero-order chi connectivity index (χ0) is 15.8. The fourth-order valence-electron chi connectivity index (χ4n) is 1.45. The van der Waals surface area contributed by atoms with Crippen LogP contribution in [0.4, 0.5) is 0 Å². The lowest BCUT2D eigenvalue weighted by Gasteiger charge is -2.21. The number of hydrogen-bond donors (Lipinski definition) is 0. The van der Waals surface area contributed by atoms with E-state index < -0.39 is 16.7 Å². The summed E-state index contributed by atoms with van der Waals surface area (Å²) in [7, 11) is 1.53. The zero-order valence-electron chi connectivity index (χ0n) is 11.7. The van der Waals surface area contributed by atoms with E-state index in [-0.39, 0.29) is 18.8 Å². The smallest absolute Gasteiger partial charge is 0.357 e. The van der Waals surface area contributed by atoms with Crippen LogP contribution < -0.4 is 0 Å². The number of esters is 1. The van der Waals surface area contributed by atoms with Crippen LogP contribution in [0, 0.1) is 0 Å². The van der Waals surface area contributed by atoms with Crippen molar-refractivity contribution < 1.29 is 19.1 Å².